The third-order valence-corrected chi connectivity index (χ3v) is 2.42. The zero-order chi connectivity index (χ0) is 13.4. The van der Waals surface area contributed by atoms with Gasteiger partial charge in [0.2, 0.25) is 0 Å². The molecule has 1 aromatic rings. The highest BCUT2D eigenvalue weighted by molar-refractivity contribution is 5.87. The van der Waals surface area contributed by atoms with Crippen molar-refractivity contribution in [1.82, 2.24) is 0 Å². The van der Waals surface area contributed by atoms with Crippen LogP contribution in [0, 0.1) is 0 Å². The lowest BCUT2D eigenvalue weighted by Crippen LogP contribution is -2.02. The number of carbonyl (C=O) groups excluding carboxylic acids is 1. The number of esters is 1. The fraction of sp³-hybridized carbons (Fsp3) is 0.357. The van der Waals surface area contributed by atoms with Crippen molar-refractivity contribution in [1.29, 1.82) is 0 Å². The zero-order valence-corrected chi connectivity index (χ0v) is 10.4. The Balaban J connectivity index is 2.63. The summed E-state index contributed by atoms with van der Waals surface area (Å²) in [6.07, 6.45) is 3.06. The third kappa shape index (κ3) is 4.69. The van der Waals surface area contributed by atoms with Crippen LogP contribution in [-0.4, -0.2) is 22.8 Å². The first kappa shape index (κ1) is 14.4. The van der Waals surface area contributed by atoms with E-state index in [-0.39, 0.29) is 0 Å². The molecular formula is C14H18O4. The molecule has 98 valence electrons. The van der Waals surface area contributed by atoms with E-state index >= 15 is 0 Å². The van der Waals surface area contributed by atoms with Crippen molar-refractivity contribution >= 4 is 12.0 Å². The molecule has 0 aliphatic heterocycles. The topological polar surface area (TPSA) is 66.8 Å². The number of hydrogen-bond acceptors (Lipinski definition) is 4. The van der Waals surface area contributed by atoms with Crippen molar-refractivity contribution < 1.29 is 19.7 Å². The average Bonchev–Trinajstić information content (AvgIpc) is 2.37. The molecule has 0 atom stereocenters. The van der Waals surface area contributed by atoms with E-state index in [4.69, 9.17) is 14.9 Å². The van der Waals surface area contributed by atoms with Gasteiger partial charge in [-0.05, 0) is 18.1 Å². The molecular weight excluding hydrogens is 232 g/mol. The van der Waals surface area contributed by atoms with Crippen molar-refractivity contribution in [3.63, 3.8) is 0 Å². The van der Waals surface area contributed by atoms with Gasteiger partial charge in [-0.25, -0.2) is 4.79 Å². The van der Waals surface area contributed by atoms with Gasteiger partial charge in [0.25, 0.3) is 0 Å². The van der Waals surface area contributed by atoms with Crippen molar-refractivity contribution in [2.24, 2.45) is 0 Å². The SMILES string of the molecule is CCCCOC(=O)/C=C/c1ccccc1C(O)O. The Morgan fingerprint density at radius 2 is 2.11 bits per heavy atom. The number of rotatable bonds is 6. The van der Waals surface area contributed by atoms with Crippen LogP contribution in [0.25, 0.3) is 6.08 Å². The van der Waals surface area contributed by atoms with Gasteiger partial charge in [-0.1, -0.05) is 37.6 Å². The Bertz CT molecular complexity index is 410. The highest BCUT2D eigenvalue weighted by atomic mass is 16.5. The Labute approximate surface area is 107 Å². The van der Waals surface area contributed by atoms with Crippen LogP contribution in [0.3, 0.4) is 0 Å². The van der Waals surface area contributed by atoms with Gasteiger partial charge in [0.05, 0.1) is 6.61 Å². The maximum atomic E-state index is 11.3. The molecule has 0 saturated heterocycles. The molecule has 0 unspecified atom stereocenters. The van der Waals surface area contributed by atoms with E-state index in [2.05, 4.69) is 0 Å². The normalized spacial score (nSPS) is 11.1. The van der Waals surface area contributed by atoms with Crippen LogP contribution in [0.2, 0.25) is 0 Å². The van der Waals surface area contributed by atoms with Crippen molar-refractivity contribution in [2.75, 3.05) is 6.61 Å². The monoisotopic (exact) mass is 250 g/mol. The van der Waals surface area contributed by atoms with Crippen LogP contribution in [0.15, 0.2) is 30.3 Å². The largest absolute Gasteiger partial charge is 0.463 e. The number of aliphatic hydroxyl groups is 2. The highest BCUT2D eigenvalue weighted by Gasteiger charge is 2.06. The molecule has 0 aromatic heterocycles. The van der Waals surface area contributed by atoms with E-state index in [0.29, 0.717) is 17.7 Å². The summed E-state index contributed by atoms with van der Waals surface area (Å²) in [5.74, 6) is -0.425. The number of unbranched alkanes of at least 4 members (excludes halogenated alkanes) is 1. The molecule has 4 nitrogen and oxygen atoms in total. The first-order valence-corrected chi connectivity index (χ1v) is 5.95. The lowest BCUT2D eigenvalue weighted by molar-refractivity contribution is -0.137. The fourth-order valence-corrected chi connectivity index (χ4v) is 1.42. The average molecular weight is 250 g/mol. The van der Waals surface area contributed by atoms with E-state index < -0.39 is 12.3 Å². The summed E-state index contributed by atoms with van der Waals surface area (Å²) < 4.78 is 4.95. The number of aliphatic hydroxyl groups excluding tert-OH is 1. The smallest absolute Gasteiger partial charge is 0.330 e. The lowest BCUT2D eigenvalue weighted by atomic mass is 10.1. The molecule has 0 saturated carbocycles. The maximum Gasteiger partial charge on any atom is 0.330 e. The van der Waals surface area contributed by atoms with Gasteiger partial charge >= 0.3 is 5.97 Å². The molecule has 0 bridgehead atoms. The van der Waals surface area contributed by atoms with Crippen molar-refractivity contribution in [2.45, 2.75) is 26.1 Å². The van der Waals surface area contributed by atoms with Gasteiger partial charge in [-0.15, -0.1) is 0 Å². The number of carbonyl (C=O) groups is 1. The lowest BCUT2D eigenvalue weighted by Gasteiger charge is -2.07. The second-order valence-electron chi connectivity index (χ2n) is 3.86. The summed E-state index contributed by atoms with van der Waals surface area (Å²) in [6.45, 7) is 2.42. The Hall–Kier alpha value is -1.65. The van der Waals surface area contributed by atoms with Crippen LogP contribution >= 0.6 is 0 Å². The van der Waals surface area contributed by atoms with Gasteiger partial charge in [0.1, 0.15) is 0 Å². The van der Waals surface area contributed by atoms with Gasteiger partial charge < -0.3 is 14.9 Å². The van der Waals surface area contributed by atoms with E-state index in [9.17, 15) is 4.79 Å². The van der Waals surface area contributed by atoms with Crippen LogP contribution < -0.4 is 0 Å². The molecule has 18 heavy (non-hydrogen) atoms. The summed E-state index contributed by atoms with van der Waals surface area (Å²) in [5.41, 5.74) is 0.940. The molecule has 0 heterocycles. The predicted octanol–water partition coefficient (Wildman–Crippen LogP) is 2.03. The molecule has 1 aromatic carbocycles. The third-order valence-electron chi connectivity index (χ3n) is 2.42. The maximum absolute atomic E-state index is 11.3. The second kappa shape index (κ2) is 7.63. The summed E-state index contributed by atoms with van der Waals surface area (Å²) in [5, 5.41) is 18.3. The molecule has 0 radical (unpaired) electrons. The van der Waals surface area contributed by atoms with Crippen LogP contribution in [-0.2, 0) is 9.53 Å². The first-order valence-electron chi connectivity index (χ1n) is 5.95. The second-order valence-corrected chi connectivity index (χ2v) is 3.86. The molecule has 2 N–H and O–H groups in total. The summed E-state index contributed by atoms with van der Waals surface area (Å²) in [7, 11) is 0. The van der Waals surface area contributed by atoms with Gasteiger partial charge in [0.15, 0.2) is 6.29 Å². The molecule has 0 fully saturated rings. The van der Waals surface area contributed by atoms with Crippen LogP contribution in [0.5, 0.6) is 0 Å². The summed E-state index contributed by atoms with van der Waals surface area (Å²) >= 11 is 0. The van der Waals surface area contributed by atoms with Crippen LogP contribution in [0.1, 0.15) is 37.2 Å². The minimum atomic E-state index is -1.55. The molecule has 4 heteroatoms. The van der Waals surface area contributed by atoms with E-state index in [1.165, 1.54) is 12.2 Å². The molecule has 0 aliphatic carbocycles. The first-order chi connectivity index (χ1) is 8.65. The number of ether oxygens (including phenoxy) is 1. The Kier molecular flexibility index (Phi) is 6.11. The van der Waals surface area contributed by atoms with Gasteiger partial charge in [-0.3, -0.25) is 0 Å². The predicted molar refractivity (Wildman–Crippen MR) is 68.5 cm³/mol. The fourth-order valence-electron chi connectivity index (χ4n) is 1.42. The number of hydrogen-bond donors (Lipinski definition) is 2. The standard InChI is InChI=1S/C14H18O4/c1-2-3-10-18-13(15)9-8-11-6-4-5-7-12(11)14(16)17/h4-9,14,16-17H,2-3,10H2,1H3/b9-8+. The highest BCUT2D eigenvalue weighted by Crippen LogP contribution is 2.17. The summed E-state index contributed by atoms with van der Waals surface area (Å²) in [6, 6.07) is 6.75. The van der Waals surface area contributed by atoms with Gasteiger partial charge in [-0.2, -0.15) is 0 Å². The van der Waals surface area contributed by atoms with Crippen LogP contribution in [0.4, 0.5) is 0 Å². The van der Waals surface area contributed by atoms with E-state index in [0.717, 1.165) is 12.8 Å². The quantitative estimate of drug-likeness (QED) is 0.351. The molecule has 0 aliphatic rings. The molecule has 0 amide bonds. The molecule has 1 rings (SSSR count). The van der Waals surface area contributed by atoms with E-state index in [1.807, 2.05) is 6.92 Å². The minimum absolute atomic E-state index is 0.357. The Morgan fingerprint density at radius 3 is 2.78 bits per heavy atom. The molecule has 0 spiro atoms. The van der Waals surface area contributed by atoms with Crippen molar-refractivity contribution in [3.05, 3.63) is 41.5 Å². The summed E-state index contributed by atoms with van der Waals surface area (Å²) in [4.78, 5) is 11.3. The zero-order valence-electron chi connectivity index (χ0n) is 10.4. The minimum Gasteiger partial charge on any atom is -0.463 e. The number of benzene rings is 1. The Morgan fingerprint density at radius 1 is 1.39 bits per heavy atom. The van der Waals surface area contributed by atoms with E-state index in [1.54, 1.807) is 24.3 Å². The van der Waals surface area contributed by atoms with Gasteiger partial charge in [0, 0.05) is 11.6 Å². The van der Waals surface area contributed by atoms with Crippen molar-refractivity contribution in [3.8, 4) is 0 Å².